The zero-order chi connectivity index (χ0) is 20.3. The number of benzene rings is 2. The Morgan fingerprint density at radius 2 is 1.29 bits per heavy atom. The van der Waals surface area contributed by atoms with Crippen molar-refractivity contribution in [2.45, 2.75) is 20.8 Å². The lowest BCUT2D eigenvalue weighted by Crippen LogP contribution is -1.96. The van der Waals surface area contributed by atoms with Crippen LogP contribution in [0.1, 0.15) is 18.1 Å². The van der Waals surface area contributed by atoms with Crippen LogP contribution in [0.15, 0.2) is 36.4 Å². The van der Waals surface area contributed by atoms with Gasteiger partial charge in [-0.25, -0.2) is 0 Å². The van der Waals surface area contributed by atoms with Crippen molar-refractivity contribution in [1.29, 1.82) is 0 Å². The van der Waals surface area contributed by atoms with Crippen LogP contribution in [0.25, 0.3) is 22.5 Å². The highest BCUT2D eigenvalue weighted by Crippen LogP contribution is 2.43. The first-order valence-corrected chi connectivity index (χ1v) is 9.26. The number of nitrogens with one attached hydrogen (secondary N) is 1. The maximum absolute atomic E-state index is 5.55. The third-order valence-corrected chi connectivity index (χ3v) is 4.97. The lowest BCUT2D eigenvalue weighted by atomic mass is 10.0. The molecular weight excluding hydrogens is 354 g/mol. The summed E-state index contributed by atoms with van der Waals surface area (Å²) >= 11 is 0. The number of hydrogen-bond donors (Lipinski definition) is 1. The monoisotopic (exact) mass is 381 g/mol. The van der Waals surface area contributed by atoms with Crippen LogP contribution in [0, 0.1) is 13.8 Å². The molecule has 28 heavy (non-hydrogen) atoms. The predicted octanol–water partition coefficient (Wildman–Crippen LogP) is 5.39. The molecule has 1 N–H and O–H groups in total. The summed E-state index contributed by atoms with van der Waals surface area (Å²) in [6.45, 7) is 6.88. The fourth-order valence-corrected chi connectivity index (χ4v) is 3.37. The first kappa shape index (κ1) is 19.7. The molecule has 0 aliphatic rings. The van der Waals surface area contributed by atoms with E-state index in [1.165, 1.54) is 11.1 Å². The highest BCUT2D eigenvalue weighted by Gasteiger charge is 2.18. The summed E-state index contributed by atoms with van der Waals surface area (Å²) in [4.78, 5) is 3.58. The second-order valence-electron chi connectivity index (χ2n) is 6.50. The van der Waals surface area contributed by atoms with Crippen molar-refractivity contribution in [3.05, 3.63) is 47.5 Å². The molecule has 0 radical (unpaired) electrons. The minimum absolute atomic E-state index is 0.585. The van der Waals surface area contributed by atoms with E-state index in [2.05, 4.69) is 31.0 Å². The van der Waals surface area contributed by atoms with Gasteiger partial charge in [-0.15, -0.1) is 0 Å². The quantitative estimate of drug-likeness (QED) is 0.596. The average molecular weight is 381 g/mol. The van der Waals surface area contributed by atoms with E-state index in [0.717, 1.165) is 28.3 Å². The summed E-state index contributed by atoms with van der Waals surface area (Å²) in [7, 11) is 4.85. The molecule has 0 aliphatic heterocycles. The molecule has 2 aromatic carbocycles. The molecule has 5 nitrogen and oxygen atoms in total. The molecule has 148 valence electrons. The van der Waals surface area contributed by atoms with Gasteiger partial charge in [-0.3, -0.25) is 0 Å². The van der Waals surface area contributed by atoms with Gasteiger partial charge >= 0.3 is 0 Å². The van der Waals surface area contributed by atoms with E-state index in [1.807, 2.05) is 31.2 Å². The third kappa shape index (κ3) is 3.52. The fourth-order valence-electron chi connectivity index (χ4n) is 3.37. The number of aromatic amines is 1. The first-order valence-electron chi connectivity index (χ1n) is 9.26. The van der Waals surface area contributed by atoms with Crippen molar-refractivity contribution in [3.63, 3.8) is 0 Å². The molecule has 0 spiro atoms. The van der Waals surface area contributed by atoms with Crippen LogP contribution in [0.4, 0.5) is 0 Å². The van der Waals surface area contributed by atoms with Crippen molar-refractivity contribution in [2.75, 3.05) is 27.9 Å². The molecule has 3 aromatic rings. The van der Waals surface area contributed by atoms with E-state index >= 15 is 0 Å². The third-order valence-electron chi connectivity index (χ3n) is 4.97. The number of rotatable bonds is 7. The number of hydrogen-bond acceptors (Lipinski definition) is 4. The molecule has 5 heteroatoms. The zero-order valence-corrected chi connectivity index (χ0v) is 17.3. The molecule has 0 unspecified atom stereocenters. The SMILES string of the molecule is CCOc1ccc(-c2[nH]c(-c3cc(OC)c(OC)c(OC)c3)c(C)c2C)cc1. The summed E-state index contributed by atoms with van der Waals surface area (Å²) in [6, 6.07) is 12.1. The second-order valence-corrected chi connectivity index (χ2v) is 6.50. The minimum Gasteiger partial charge on any atom is -0.494 e. The molecule has 0 atom stereocenters. The molecule has 0 amide bonds. The Bertz CT molecular complexity index is 932. The molecule has 3 rings (SSSR count). The average Bonchev–Trinajstić information content (AvgIpc) is 3.02. The number of methoxy groups -OCH3 is 3. The van der Waals surface area contributed by atoms with Crippen LogP contribution in [0.5, 0.6) is 23.0 Å². The van der Waals surface area contributed by atoms with Gasteiger partial charge in [0, 0.05) is 17.0 Å². The highest BCUT2D eigenvalue weighted by atomic mass is 16.5. The van der Waals surface area contributed by atoms with Crippen LogP contribution in [0.3, 0.4) is 0 Å². The van der Waals surface area contributed by atoms with Gasteiger partial charge in [-0.2, -0.15) is 0 Å². The smallest absolute Gasteiger partial charge is 0.203 e. The van der Waals surface area contributed by atoms with Crippen molar-refractivity contribution in [1.82, 2.24) is 4.98 Å². The summed E-state index contributed by atoms with van der Waals surface area (Å²) in [5.74, 6) is 2.72. The Balaban J connectivity index is 2.08. The lowest BCUT2D eigenvalue weighted by molar-refractivity contribution is 0.324. The second kappa shape index (κ2) is 8.30. The maximum Gasteiger partial charge on any atom is 0.203 e. The molecule has 0 fully saturated rings. The molecule has 1 aromatic heterocycles. The van der Waals surface area contributed by atoms with Gasteiger partial charge in [0.15, 0.2) is 11.5 Å². The zero-order valence-electron chi connectivity index (χ0n) is 17.3. The van der Waals surface area contributed by atoms with Crippen LogP contribution < -0.4 is 18.9 Å². The summed E-state index contributed by atoms with van der Waals surface area (Å²) in [6.07, 6.45) is 0. The molecule has 0 saturated heterocycles. The topological polar surface area (TPSA) is 52.7 Å². The molecule has 1 heterocycles. The van der Waals surface area contributed by atoms with E-state index in [9.17, 15) is 0 Å². The van der Waals surface area contributed by atoms with Crippen molar-refractivity contribution < 1.29 is 18.9 Å². The standard InChI is InChI=1S/C23H27NO4/c1-7-28-18-10-8-16(9-11-18)21-14(2)15(3)22(24-21)17-12-19(25-4)23(27-6)20(13-17)26-5/h8-13,24H,7H2,1-6H3. The Morgan fingerprint density at radius 1 is 0.750 bits per heavy atom. The minimum atomic E-state index is 0.585. The fraction of sp³-hybridized carbons (Fsp3) is 0.304. The first-order chi connectivity index (χ1) is 13.5. The van der Waals surface area contributed by atoms with Gasteiger partial charge in [0.25, 0.3) is 0 Å². The van der Waals surface area contributed by atoms with E-state index in [1.54, 1.807) is 21.3 Å². The van der Waals surface area contributed by atoms with Crippen molar-refractivity contribution >= 4 is 0 Å². The van der Waals surface area contributed by atoms with Crippen LogP contribution >= 0.6 is 0 Å². The Hall–Kier alpha value is -3.08. The number of H-pyrrole nitrogens is 1. The van der Waals surface area contributed by atoms with Gasteiger partial charge in [-0.05, 0) is 73.9 Å². The Labute approximate surface area is 166 Å². The van der Waals surface area contributed by atoms with E-state index < -0.39 is 0 Å². The lowest BCUT2D eigenvalue weighted by Gasteiger charge is -2.14. The number of ether oxygens (including phenoxy) is 4. The largest absolute Gasteiger partial charge is 0.494 e. The van der Waals surface area contributed by atoms with Crippen LogP contribution in [-0.2, 0) is 0 Å². The summed E-state index contributed by atoms with van der Waals surface area (Å²) in [5, 5.41) is 0. The van der Waals surface area contributed by atoms with E-state index in [4.69, 9.17) is 18.9 Å². The van der Waals surface area contributed by atoms with Gasteiger partial charge < -0.3 is 23.9 Å². The number of aromatic nitrogens is 1. The molecule has 0 bridgehead atoms. The predicted molar refractivity (Wildman–Crippen MR) is 112 cm³/mol. The highest BCUT2D eigenvalue weighted by molar-refractivity contribution is 5.78. The Morgan fingerprint density at radius 3 is 1.75 bits per heavy atom. The van der Waals surface area contributed by atoms with Crippen molar-refractivity contribution in [2.24, 2.45) is 0 Å². The van der Waals surface area contributed by atoms with Gasteiger partial charge in [-0.1, -0.05) is 0 Å². The van der Waals surface area contributed by atoms with Gasteiger partial charge in [0.2, 0.25) is 5.75 Å². The van der Waals surface area contributed by atoms with E-state index in [0.29, 0.717) is 23.9 Å². The molecular formula is C23H27NO4. The molecule has 0 saturated carbocycles. The normalized spacial score (nSPS) is 10.6. The summed E-state index contributed by atoms with van der Waals surface area (Å²) in [5.41, 5.74) is 6.59. The maximum atomic E-state index is 5.55. The Kier molecular flexibility index (Phi) is 5.83. The van der Waals surface area contributed by atoms with E-state index in [-0.39, 0.29) is 0 Å². The summed E-state index contributed by atoms with van der Waals surface area (Å²) < 4.78 is 22.0. The van der Waals surface area contributed by atoms with Gasteiger partial charge in [0.05, 0.1) is 27.9 Å². The van der Waals surface area contributed by atoms with Crippen molar-refractivity contribution in [3.8, 4) is 45.5 Å². The van der Waals surface area contributed by atoms with Crippen LogP contribution in [0.2, 0.25) is 0 Å². The van der Waals surface area contributed by atoms with Crippen LogP contribution in [-0.4, -0.2) is 32.9 Å². The van der Waals surface area contributed by atoms with Gasteiger partial charge in [0.1, 0.15) is 5.75 Å². The molecule has 0 aliphatic carbocycles.